The minimum Gasteiger partial charge on any atom is -0.387 e. The normalized spacial score (nSPS) is 13.8. The summed E-state index contributed by atoms with van der Waals surface area (Å²) in [6.07, 6.45) is -4.85. The van der Waals surface area contributed by atoms with Crippen LogP contribution >= 0.6 is 0 Å². The molecule has 1 aromatic rings. The van der Waals surface area contributed by atoms with E-state index in [9.17, 15) is 18.3 Å². The summed E-state index contributed by atoms with van der Waals surface area (Å²) in [6, 6.07) is 7.49. The minimum absolute atomic E-state index is 0.104. The van der Waals surface area contributed by atoms with Crippen LogP contribution in [0.4, 0.5) is 13.2 Å². The first-order valence-corrected chi connectivity index (χ1v) is 6.34. The molecule has 0 aliphatic carbocycles. The predicted molar refractivity (Wildman–Crippen MR) is 68.9 cm³/mol. The summed E-state index contributed by atoms with van der Waals surface area (Å²) in [4.78, 5) is 1.49. The summed E-state index contributed by atoms with van der Waals surface area (Å²) in [5, 5.41) is 9.96. The van der Waals surface area contributed by atoms with Crippen molar-refractivity contribution in [3.8, 4) is 0 Å². The smallest absolute Gasteiger partial charge is 0.387 e. The van der Waals surface area contributed by atoms with E-state index in [1.165, 1.54) is 10.5 Å². The van der Waals surface area contributed by atoms with Gasteiger partial charge in [-0.25, -0.2) is 0 Å². The van der Waals surface area contributed by atoms with Crippen LogP contribution in [0, 0.1) is 0 Å². The van der Waals surface area contributed by atoms with Gasteiger partial charge in [0.05, 0.1) is 12.5 Å². The molecule has 1 atom stereocenters. The fourth-order valence-electron chi connectivity index (χ4n) is 1.79. The molecule has 108 valence electrons. The van der Waals surface area contributed by atoms with E-state index >= 15 is 0 Å². The third-order valence-electron chi connectivity index (χ3n) is 3.03. The van der Waals surface area contributed by atoms with Crippen molar-refractivity contribution in [2.45, 2.75) is 32.0 Å². The average Bonchev–Trinajstić information content (AvgIpc) is 2.35. The van der Waals surface area contributed by atoms with Gasteiger partial charge in [-0.3, -0.25) is 0 Å². The number of hydrogen-bond acceptors (Lipinski definition) is 2. The van der Waals surface area contributed by atoms with E-state index in [1.54, 1.807) is 7.05 Å². The highest BCUT2D eigenvalue weighted by Gasteiger charge is 2.27. The Kier molecular flexibility index (Phi) is 5.82. The molecular weight excluding hydrogens is 255 g/mol. The number of halogens is 3. The maximum atomic E-state index is 12.1. The van der Waals surface area contributed by atoms with Crippen molar-refractivity contribution < 1.29 is 18.3 Å². The molecule has 1 unspecified atom stereocenters. The van der Waals surface area contributed by atoms with Gasteiger partial charge in [-0.05, 0) is 24.6 Å². The van der Waals surface area contributed by atoms with Crippen LogP contribution in [0.2, 0.25) is 0 Å². The molecule has 0 saturated carbocycles. The van der Waals surface area contributed by atoms with Gasteiger partial charge in [0, 0.05) is 13.1 Å². The van der Waals surface area contributed by atoms with Gasteiger partial charge in [0.2, 0.25) is 0 Å². The van der Waals surface area contributed by atoms with Crippen molar-refractivity contribution in [3.05, 3.63) is 35.4 Å². The summed E-state index contributed by atoms with van der Waals surface area (Å²) >= 11 is 0. The number of rotatable bonds is 6. The summed E-state index contributed by atoms with van der Waals surface area (Å²) in [5.41, 5.74) is 1.90. The van der Waals surface area contributed by atoms with Crippen LogP contribution in [0.15, 0.2) is 24.3 Å². The quantitative estimate of drug-likeness (QED) is 0.862. The molecule has 1 N–H and O–H groups in total. The largest absolute Gasteiger partial charge is 0.390 e. The number of alkyl halides is 3. The first kappa shape index (κ1) is 16.0. The topological polar surface area (TPSA) is 23.5 Å². The summed E-state index contributed by atoms with van der Waals surface area (Å²) in [6.45, 7) is 2.13. The van der Waals surface area contributed by atoms with E-state index in [-0.39, 0.29) is 13.1 Å². The Morgan fingerprint density at radius 3 is 2.26 bits per heavy atom. The van der Waals surface area contributed by atoms with Gasteiger partial charge in [0.25, 0.3) is 0 Å². The third-order valence-corrected chi connectivity index (χ3v) is 3.03. The summed E-state index contributed by atoms with van der Waals surface area (Å²) in [7, 11) is 1.58. The monoisotopic (exact) mass is 275 g/mol. The highest BCUT2D eigenvalue weighted by atomic mass is 19.4. The highest BCUT2D eigenvalue weighted by Crippen LogP contribution is 2.20. The van der Waals surface area contributed by atoms with Crippen LogP contribution in [-0.4, -0.2) is 36.3 Å². The number of aliphatic hydroxyl groups is 1. The molecule has 1 rings (SSSR count). The number of aryl methyl sites for hydroxylation is 1. The van der Waals surface area contributed by atoms with Crippen LogP contribution in [0.3, 0.4) is 0 Å². The van der Waals surface area contributed by atoms with Crippen LogP contribution in [-0.2, 0) is 6.42 Å². The number of hydrogen-bond donors (Lipinski definition) is 1. The van der Waals surface area contributed by atoms with Gasteiger partial charge >= 0.3 is 6.18 Å². The Labute approximate surface area is 111 Å². The zero-order valence-electron chi connectivity index (χ0n) is 11.2. The Balaban J connectivity index is 2.46. The second-order valence-electron chi connectivity index (χ2n) is 4.74. The Hall–Kier alpha value is -1.07. The van der Waals surface area contributed by atoms with Gasteiger partial charge in [0.1, 0.15) is 0 Å². The zero-order valence-corrected chi connectivity index (χ0v) is 11.2. The molecule has 0 saturated heterocycles. The molecule has 0 aliphatic rings. The average molecular weight is 275 g/mol. The number of nitrogens with zero attached hydrogens (tertiary/aromatic N) is 1. The molecule has 2 nitrogen and oxygen atoms in total. The molecule has 0 amide bonds. The van der Waals surface area contributed by atoms with E-state index in [1.807, 2.05) is 31.2 Å². The van der Waals surface area contributed by atoms with Crippen molar-refractivity contribution in [2.75, 3.05) is 20.1 Å². The minimum atomic E-state index is -4.15. The van der Waals surface area contributed by atoms with Crippen molar-refractivity contribution in [2.24, 2.45) is 0 Å². The first-order chi connectivity index (χ1) is 8.81. The van der Waals surface area contributed by atoms with Crippen LogP contribution < -0.4 is 0 Å². The first-order valence-electron chi connectivity index (χ1n) is 6.34. The Bertz CT molecular complexity index is 375. The lowest BCUT2D eigenvalue weighted by Crippen LogP contribution is -2.28. The fraction of sp³-hybridized carbons (Fsp3) is 0.571. The Morgan fingerprint density at radius 1 is 1.21 bits per heavy atom. The van der Waals surface area contributed by atoms with Crippen molar-refractivity contribution in [1.29, 1.82) is 0 Å². The maximum Gasteiger partial charge on any atom is 0.390 e. The van der Waals surface area contributed by atoms with Crippen LogP contribution in [0.5, 0.6) is 0 Å². The molecule has 0 heterocycles. The lowest BCUT2D eigenvalue weighted by Gasteiger charge is -2.21. The standard InChI is InChI=1S/C14H20F3NO/c1-3-11-4-6-12(7-5-11)13(19)10-18(2)9-8-14(15,16)17/h4-7,13,19H,3,8-10H2,1-2H3. The fourth-order valence-corrected chi connectivity index (χ4v) is 1.79. The van der Waals surface area contributed by atoms with E-state index in [0.717, 1.165) is 12.0 Å². The predicted octanol–water partition coefficient (Wildman–Crippen LogP) is 3.17. The lowest BCUT2D eigenvalue weighted by molar-refractivity contribution is -0.137. The number of likely N-dealkylation sites (N-methyl/N-ethyl adjacent to an activating group) is 1. The second-order valence-corrected chi connectivity index (χ2v) is 4.74. The summed E-state index contributed by atoms with van der Waals surface area (Å²) < 4.78 is 36.2. The molecule has 5 heteroatoms. The zero-order chi connectivity index (χ0) is 14.5. The number of aliphatic hydroxyl groups excluding tert-OH is 1. The van der Waals surface area contributed by atoms with Crippen LogP contribution in [0.1, 0.15) is 30.6 Å². The van der Waals surface area contributed by atoms with Crippen molar-refractivity contribution in [1.82, 2.24) is 4.90 Å². The summed E-state index contributed by atoms with van der Waals surface area (Å²) in [5.74, 6) is 0. The van der Waals surface area contributed by atoms with E-state index in [2.05, 4.69) is 0 Å². The van der Waals surface area contributed by atoms with Gasteiger partial charge in [0.15, 0.2) is 0 Å². The Morgan fingerprint density at radius 2 is 1.79 bits per heavy atom. The molecule has 0 aliphatic heterocycles. The number of benzene rings is 1. The molecule has 1 aromatic carbocycles. The SMILES string of the molecule is CCc1ccc(C(O)CN(C)CCC(F)(F)F)cc1. The molecule has 0 spiro atoms. The van der Waals surface area contributed by atoms with E-state index in [0.29, 0.717) is 0 Å². The van der Waals surface area contributed by atoms with Crippen molar-refractivity contribution >= 4 is 0 Å². The van der Waals surface area contributed by atoms with Gasteiger partial charge in [-0.1, -0.05) is 31.2 Å². The molecule has 0 bridgehead atoms. The molecule has 0 fully saturated rings. The van der Waals surface area contributed by atoms with Gasteiger partial charge in [-0.2, -0.15) is 13.2 Å². The molecule has 19 heavy (non-hydrogen) atoms. The van der Waals surface area contributed by atoms with Gasteiger partial charge in [-0.15, -0.1) is 0 Å². The maximum absolute atomic E-state index is 12.1. The van der Waals surface area contributed by atoms with Crippen molar-refractivity contribution in [3.63, 3.8) is 0 Å². The third kappa shape index (κ3) is 6.07. The molecular formula is C14H20F3NO. The van der Waals surface area contributed by atoms with E-state index in [4.69, 9.17) is 0 Å². The highest BCUT2D eigenvalue weighted by molar-refractivity contribution is 5.24. The molecule has 0 aromatic heterocycles. The second kappa shape index (κ2) is 6.91. The van der Waals surface area contributed by atoms with Crippen LogP contribution in [0.25, 0.3) is 0 Å². The molecule has 0 radical (unpaired) electrons. The van der Waals surface area contributed by atoms with Gasteiger partial charge < -0.3 is 10.0 Å². The lowest BCUT2D eigenvalue weighted by atomic mass is 10.1. The van der Waals surface area contributed by atoms with E-state index < -0.39 is 18.7 Å².